The summed E-state index contributed by atoms with van der Waals surface area (Å²) >= 11 is 0. The third kappa shape index (κ3) is 15.0. The number of hydrogen-bond donors (Lipinski definition) is 1. The minimum Gasteiger partial charge on any atom is -0.870 e. The van der Waals surface area contributed by atoms with E-state index in [2.05, 4.69) is 46.2 Å². The van der Waals surface area contributed by atoms with Gasteiger partial charge < -0.3 is 40.1 Å². The Balaban J connectivity index is 0.000000270. The second kappa shape index (κ2) is 29.9. The molecule has 6 atom stereocenters. The first-order valence-corrected chi connectivity index (χ1v) is 25.6. The summed E-state index contributed by atoms with van der Waals surface area (Å²) in [7, 11) is 1.40. The van der Waals surface area contributed by atoms with Gasteiger partial charge in [-0.05, 0) is 59.1 Å². The zero-order valence-corrected chi connectivity index (χ0v) is 43.5. The van der Waals surface area contributed by atoms with E-state index in [9.17, 15) is 24.3 Å². The monoisotopic (exact) mass is 1040 g/mol. The number of likely N-dealkylation sites (tertiary alicyclic amines) is 2. The van der Waals surface area contributed by atoms with Crippen LogP contribution in [0, 0.1) is 0 Å². The summed E-state index contributed by atoms with van der Waals surface area (Å²) in [6, 6.07) is 58.5. The quantitative estimate of drug-likeness (QED) is 0.121. The van der Waals surface area contributed by atoms with Gasteiger partial charge in [0.05, 0.1) is 45.4 Å². The molecule has 2 amide bonds. The van der Waals surface area contributed by atoms with E-state index in [4.69, 9.17) is 14.2 Å². The molecule has 4 aliphatic heterocycles. The van der Waals surface area contributed by atoms with Gasteiger partial charge in [0.1, 0.15) is 12.1 Å². The maximum Gasteiger partial charge on any atom is 1.00 e. The number of morpholine rings is 2. The normalized spacial score (nSPS) is 21.2. The first kappa shape index (κ1) is 61.4. The van der Waals surface area contributed by atoms with E-state index in [0.29, 0.717) is 52.4 Å². The van der Waals surface area contributed by atoms with Gasteiger partial charge >= 0.3 is 30.8 Å². The molecule has 0 radical (unpaired) electrons. The zero-order chi connectivity index (χ0) is 50.5. The molecule has 0 aromatic heterocycles. The van der Waals surface area contributed by atoms with E-state index in [0.717, 1.165) is 48.2 Å². The third-order valence-corrected chi connectivity index (χ3v) is 15.0. The Morgan fingerprint density at radius 1 is 0.532 bits per heavy atom. The predicted molar refractivity (Wildman–Crippen MR) is 292 cm³/mol. The van der Waals surface area contributed by atoms with Gasteiger partial charge in [-0.25, -0.2) is 9.59 Å². The van der Waals surface area contributed by atoms with Crippen molar-refractivity contribution in [3.05, 3.63) is 215 Å². The van der Waals surface area contributed by atoms with Crippen LogP contribution in [-0.2, 0) is 46.2 Å². The van der Waals surface area contributed by atoms with Crippen molar-refractivity contribution in [3.8, 4) is 0 Å². The maximum atomic E-state index is 14.3. The summed E-state index contributed by atoms with van der Waals surface area (Å²) in [5.74, 6) is -2.56. The standard InChI is InChI=1S/C31H34N2O4.C30H32N2O4.CH4.Li.2H2O/c1-36-31(35)28-20-26(32-17-18-37-22-27(32)19-23-11-5-2-6-12-23)21-33(28)30(34)29(24-13-7-3-8-14-24)25-15-9-4-10-16-25;33-29(28(23-12-6-2-7-13-23)24-14-8-3-9-15-24)32-20-25(19-27(32)30(34)35)31-16-17-36-21-26(31)18-22-10-4-1-5-11-22;;;;/h2-16,26-29H,17-22H2,1H3;1-15,25-28H,16-21H2,(H,34,35);1H4;;2*1H2/q;;;+1;;/p-1/t26-,27-,28-;25-,26-,27-;;;;/m00..../s1. The molecule has 4 N–H and O–H groups in total. The number of benzene rings is 6. The number of carboxylic acid groups (broad SMARTS) is 1. The third-order valence-electron chi connectivity index (χ3n) is 15.0. The molecule has 6 aromatic rings. The Morgan fingerprint density at radius 3 is 1.17 bits per heavy atom. The number of amides is 2. The first-order valence-electron chi connectivity index (χ1n) is 25.6. The number of rotatable bonds is 14. The summed E-state index contributed by atoms with van der Waals surface area (Å²) in [4.78, 5) is 61.9. The molecule has 0 aliphatic carbocycles. The summed E-state index contributed by atoms with van der Waals surface area (Å²) in [6.45, 7) is 4.90. The van der Waals surface area contributed by atoms with Crippen molar-refractivity contribution in [3.63, 3.8) is 0 Å². The van der Waals surface area contributed by atoms with Crippen LogP contribution in [0.5, 0.6) is 0 Å². The predicted octanol–water partition coefficient (Wildman–Crippen LogP) is 4.36. The van der Waals surface area contributed by atoms with Crippen LogP contribution in [0.3, 0.4) is 0 Å². The number of carbonyl (C=O) groups is 4. The van der Waals surface area contributed by atoms with Crippen molar-refractivity contribution in [2.24, 2.45) is 0 Å². The Labute approximate surface area is 465 Å². The van der Waals surface area contributed by atoms with Gasteiger partial charge in [0.25, 0.3) is 0 Å². The molecule has 0 saturated carbocycles. The molecule has 15 heteroatoms. The van der Waals surface area contributed by atoms with Gasteiger partial charge in [-0.3, -0.25) is 19.4 Å². The molecule has 4 aliphatic rings. The molecule has 4 fully saturated rings. The van der Waals surface area contributed by atoms with E-state index in [1.807, 2.05) is 146 Å². The molecule has 0 spiro atoms. The van der Waals surface area contributed by atoms with Crippen LogP contribution in [0.4, 0.5) is 0 Å². The van der Waals surface area contributed by atoms with Crippen molar-refractivity contribution in [2.45, 2.75) is 81.2 Å². The number of nitrogens with zero attached hydrogens (tertiary/aromatic N) is 4. The Bertz CT molecular complexity index is 2640. The minimum atomic E-state index is -0.946. The number of carboxylic acids is 1. The van der Waals surface area contributed by atoms with Gasteiger partial charge in [0, 0.05) is 50.3 Å². The molecule has 0 unspecified atom stereocenters. The number of ether oxygens (including phenoxy) is 3. The summed E-state index contributed by atoms with van der Waals surface area (Å²) in [5.41, 5.74) is 6.06. The summed E-state index contributed by atoms with van der Waals surface area (Å²) in [5, 5.41) is 10.1. The molecule has 402 valence electrons. The fraction of sp³-hybridized carbons (Fsp3) is 0.355. The second-order valence-electron chi connectivity index (χ2n) is 19.5. The van der Waals surface area contributed by atoms with Crippen LogP contribution in [0.25, 0.3) is 0 Å². The van der Waals surface area contributed by atoms with Gasteiger partial charge in [-0.15, -0.1) is 0 Å². The molecule has 6 aromatic carbocycles. The van der Waals surface area contributed by atoms with E-state index in [1.54, 1.807) is 9.80 Å². The molecular formula is C62H73LiN4O10. The Hall–Kier alpha value is -6.44. The number of hydrogen-bond acceptors (Lipinski definition) is 10. The average molecular weight is 1040 g/mol. The number of carbonyl (C=O) groups excluding carboxylic acids is 3. The van der Waals surface area contributed by atoms with Crippen molar-refractivity contribution < 1.29 is 68.3 Å². The van der Waals surface area contributed by atoms with Crippen molar-refractivity contribution in [1.29, 1.82) is 0 Å². The van der Waals surface area contributed by atoms with Crippen LogP contribution >= 0.6 is 0 Å². The molecule has 4 heterocycles. The van der Waals surface area contributed by atoms with Gasteiger partial charge in [0.2, 0.25) is 11.8 Å². The second-order valence-corrected chi connectivity index (χ2v) is 19.5. The largest absolute Gasteiger partial charge is 1.00 e. The summed E-state index contributed by atoms with van der Waals surface area (Å²) < 4.78 is 16.8. The van der Waals surface area contributed by atoms with Crippen molar-refractivity contribution in [2.75, 3.05) is 59.7 Å². The molecule has 77 heavy (non-hydrogen) atoms. The van der Waals surface area contributed by atoms with Gasteiger partial charge in [-0.2, -0.15) is 0 Å². The molecule has 0 bridgehead atoms. The van der Waals surface area contributed by atoms with Crippen LogP contribution in [-0.4, -0.2) is 155 Å². The van der Waals surface area contributed by atoms with E-state index in [-0.39, 0.29) is 79.2 Å². The molecular weight excluding hydrogens is 968 g/mol. The zero-order valence-electron chi connectivity index (χ0n) is 43.5. The van der Waals surface area contributed by atoms with Crippen LogP contribution < -0.4 is 18.9 Å². The molecule has 14 nitrogen and oxygen atoms in total. The fourth-order valence-corrected chi connectivity index (χ4v) is 11.5. The SMILES string of the molecule is C.COC(=O)[C@@H]1C[C@H](N2CCOC[C@@H]2Cc2ccccc2)CN1C(=O)C(c1ccccc1)c1ccccc1.O.O=C(O)[C@@H]1C[C@H](N2CCOC[C@@H]2Cc2ccccc2)CN1C(=O)C(c1ccccc1)c1ccccc1.[Li+].[OH-]. The van der Waals surface area contributed by atoms with Crippen molar-refractivity contribution >= 4 is 23.8 Å². The van der Waals surface area contributed by atoms with Crippen molar-refractivity contribution in [1.82, 2.24) is 19.6 Å². The number of methoxy groups -OCH3 is 1. The first-order chi connectivity index (χ1) is 35.8. The van der Waals surface area contributed by atoms with Gasteiger partial charge in [-0.1, -0.05) is 189 Å². The van der Waals surface area contributed by atoms with Crippen LogP contribution in [0.1, 0.15) is 65.5 Å². The molecule has 10 rings (SSSR count). The topological polar surface area (TPSA) is 191 Å². The van der Waals surface area contributed by atoms with Crippen LogP contribution in [0.2, 0.25) is 0 Å². The number of aliphatic carboxylic acids is 1. The summed E-state index contributed by atoms with van der Waals surface area (Å²) in [6.07, 6.45) is 2.67. The van der Waals surface area contributed by atoms with E-state index < -0.39 is 29.9 Å². The maximum absolute atomic E-state index is 14.3. The average Bonchev–Trinajstić information content (AvgIpc) is 4.12. The smallest absolute Gasteiger partial charge is 0.870 e. The number of esters is 1. The Morgan fingerprint density at radius 2 is 0.844 bits per heavy atom. The Kier molecular flexibility index (Phi) is 23.9. The van der Waals surface area contributed by atoms with Gasteiger partial charge in [0.15, 0.2) is 0 Å². The van der Waals surface area contributed by atoms with Crippen LogP contribution in [0.15, 0.2) is 182 Å². The van der Waals surface area contributed by atoms with E-state index in [1.165, 1.54) is 18.2 Å². The van der Waals surface area contributed by atoms with E-state index >= 15 is 0 Å². The molecule has 4 saturated heterocycles. The fourth-order valence-electron chi connectivity index (χ4n) is 11.5. The minimum absolute atomic E-state index is 0.